The lowest BCUT2D eigenvalue weighted by Gasteiger charge is -2.41. The fraction of sp³-hybridized carbons (Fsp3) is 0.500. The number of hydrogen-bond acceptors (Lipinski definition) is 1. The standard InChI is InChI=1S/C14H20N2O/c1-2-14(9-6-10-14)16-13(17)15-11-12-7-4-3-5-8-12/h3-5,7-8H,2,6,9-11H2,1H3,(H2,15,16,17). The molecular weight excluding hydrogens is 212 g/mol. The lowest BCUT2D eigenvalue weighted by atomic mass is 9.75. The van der Waals surface area contributed by atoms with E-state index in [1.165, 1.54) is 6.42 Å². The number of urea groups is 1. The van der Waals surface area contributed by atoms with Gasteiger partial charge in [0.25, 0.3) is 0 Å². The third-order valence-electron chi connectivity index (χ3n) is 3.66. The molecule has 0 spiro atoms. The molecule has 0 aromatic heterocycles. The Labute approximate surface area is 103 Å². The quantitative estimate of drug-likeness (QED) is 0.823. The van der Waals surface area contributed by atoms with Crippen LogP contribution >= 0.6 is 0 Å². The van der Waals surface area contributed by atoms with E-state index in [1.54, 1.807) is 0 Å². The zero-order valence-electron chi connectivity index (χ0n) is 10.3. The maximum Gasteiger partial charge on any atom is 0.315 e. The summed E-state index contributed by atoms with van der Waals surface area (Å²) in [4.78, 5) is 11.8. The summed E-state index contributed by atoms with van der Waals surface area (Å²) in [7, 11) is 0. The van der Waals surface area contributed by atoms with E-state index in [2.05, 4.69) is 17.6 Å². The Balaban J connectivity index is 1.78. The first-order valence-corrected chi connectivity index (χ1v) is 6.34. The van der Waals surface area contributed by atoms with Crippen LogP contribution < -0.4 is 10.6 Å². The summed E-state index contributed by atoms with van der Waals surface area (Å²) in [6, 6.07) is 9.92. The molecule has 1 aromatic rings. The van der Waals surface area contributed by atoms with Crippen molar-refractivity contribution in [2.24, 2.45) is 0 Å². The summed E-state index contributed by atoms with van der Waals surface area (Å²) in [6.45, 7) is 2.73. The van der Waals surface area contributed by atoms with Crippen LogP contribution in [0.1, 0.15) is 38.2 Å². The molecule has 1 fully saturated rings. The molecule has 0 heterocycles. The number of benzene rings is 1. The van der Waals surface area contributed by atoms with E-state index < -0.39 is 0 Å². The van der Waals surface area contributed by atoms with E-state index in [0.29, 0.717) is 6.54 Å². The minimum absolute atomic E-state index is 0.0459. The molecule has 1 aliphatic carbocycles. The molecule has 2 rings (SSSR count). The molecule has 0 saturated heterocycles. The van der Waals surface area contributed by atoms with Crippen molar-refractivity contribution in [3.8, 4) is 0 Å². The van der Waals surface area contributed by atoms with Crippen LogP contribution in [0.15, 0.2) is 30.3 Å². The first-order chi connectivity index (χ1) is 8.24. The third-order valence-corrected chi connectivity index (χ3v) is 3.66. The Morgan fingerprint density at radius 1 is 1.29 bits per heavy atom. The summed E-state index contributed by atoms with van der Waals surface area (Å²) >= 11 is 0. The summed E-state index contributed by atoms with van der Waals surface area (Å²) in [5.74, 6) is 0. The van der Waals surface area contributed by atoms with Crippen LogP contribution in [0.25, 0.3) is 0 Å². The van der Waals surface area contributed by atoms with Crippen LogP contribution in [-0.4, -0.2) is 11.6 Å². The van der Waals surface area contributed by atoms with Gasteiger partial charge in [0.15, 0.2) is 0 Å². The van der Waals surface area contributed by atoms with Crippen LogP contribution in [0.5, 0.6) is 0 Å². The molecule has 17 heavy (non-hydrogen) atoms. The van der Waals surface area contributed by atoms with Crippen molar-refractivity contribution in [2.45, 2.75) is 44.7 Å². The summed E-state index contributed by atoms with van der Waals surface area (Å²) in [5, 5.41) is 6.01. The van der Waals surface area contributed by atoms with Crippen molar-refractivity contribution in [2.75, 3.05) is 0 Å². The average molecular weight is 232 g/mol. The van der Waals surface area contributed by atoms with E-state index in [9.17, 15) is 4.79 Å². The SMILES string of the molecule is CCC1(NC(=O)NCc2ccccc2)CCC1. The van der Waals surface area contributed by atoms with Crippen molar-refractivity contribution in [1.82, 2.24) is 10.6 Å². The highest BCUT2D eigenvalue weighted by Gasteiger charge is 2.36. The van der Waals surface area contributed by atoms with E-state index in [1.807, 2.05) is 30.3 Å². The summed E-state index contributed by atoms with van der Waals surface area (Å²) < 4.78 is 0. The lowest BCUT2D eigenvalue weighted by molar-refractivity contribution is 0.172. The Morgan fingerprint density at radius 2 is 2.00 bits per heavy atom. The van der Waals surface area contributed by atoms with Crippen molar-refractivity contribution in [3.63, 3.8) is 0 Å². The fourth-order valence-corrected chi connectivity index (χ4v) is 2.23. The molecule has 3 heteroatoms. The molecule has 1 aromatic carbocycles. The Morgan fingerprint density at radius 3 is 2.53 bits per heavy atom. The van der Waals surface area contributed by atoms with Crippen LogP contribution in [0.3, 0.4) is 0 Å². The fourth-order valence-electron chi connectivity index (χ4n) is 2.23. The predicted molar refractivity (Wildman–Crippen MR) is 68.7 cm³/mol. The minimum Gasteiger partial charge on any atom is -0.334 e. The van der Waals surface area contributed by atoms with Gasteiger partial charge in [0.05, 0.1) is 0 Å². The topological polar surface area (TPSA) is 41.1 Å². The molecule has 0 aliphatic heterocycles. The molecule has 1 saturated carbocycles. The van der Waals surface area contributed by atoms with Gasteiger partial charge in [-0.1, -0.05) is 37.3 Å². The minimum atomic E-state index is -0.0459. The summed E-state index contributed by atoms with van der Waals surface area (Å²) in [6.07, 6.45) is 4.48. The van der Waals surface area contributed by atoms with Crippen molar-refractivity contribution < 1.29 is 4.79 Å². The van der Waals surface area contributed by atoms with Gasteiger partial charge in [-0.05, 0) is 31.2 Å². The van der Waals surface area contributed by atoms with Gasteiger partial charge in [0.1, 0.15) is 0 Å². The predicted octanol–water partition coefficient (Wildman–Crippen LogP) is 2.82. The van der Waals surface area contributed by atoms with Gasteiger partial charge in [0.2, 0.25) is 0 Å². The monoisotopic (exact) mass is 232 g/mol. The molecule has 0 bridgehead atoms. The Bertz CT molecular complexity index is 366. The molecule has 0 atom stereocenters. The number of nitrogens with one attached hydrogen (secondary N) is 2. The van der Waals surface area contributed by atoms with Gasteiger partial charge < -0.3 is 10.6 Å². The van der Waals surface area contributed by atoms with Gasteiger partial charge in [0, 0.05) is 12.1 Å². The van der Waals surface area contributed by atoms with Gasteiger partial charge >= 0.3 is 6.03 Å². The second-order valence-electron chi connectivity index (χ2n) is 4.78. The second kappa shape index (κ2) is 5.21. The zero-order valence-corrected chi connectivity index (χ0v) is 10.3. The third kappa shape index (κ3) is 2.99. The van der Waals surface area contributed by atoms with E-state index in [-0.39, 0.29) is 11.6 Å². The van der Waals surface area contributed by atoms with Crippen LogP contribution in [-0.2, 0) is 6.54 Å². The molecule has 1 aliphatic rings. The van der Waals surface area contributed by atoms with E-state index in [4.69, 9.17) is 0 Å². The lowest BCUT2D eigenvalue weighted by Crippen LogP contribution is -2.55. The van der Waals surface area contributed by atoms with E-state index >= 15 is 0 Å². The highest BCUT2D eigenvalue weighted by molar-refractivity contribution is 5.74. The Kier molecular flexibility index (Phi) is 3.67. The first-order valence-electron chi connectivity index (χ1n) is 6.34. The highest BCUT2D eigenvalue weighted by atomic mass is 16.2. The number of hydrogen-bond donors (Lipinski definition) is 2. The van der Waals surface area contributed by atoms with Crippen LogP contribution in [0.2, 0.25) is 0 Å². The largest absolute Gasteiger partial charge is 0.334 e. The maximum absolute atomic E-state index is 11.8. The second-order valence-corrected chi connectivity index (χ2v) is 4.78. The van der Waals surface area contributed by atoms with Crippen molar-refractivity contribution in [3.05, 3.63) is 35.9 Å². The van der Waals surface area contributed by atoms with Gasteiger partial charge in [-0.15, -0.1) is 0 Å². The summed E-state index contributed by atoms with van der Waals surface area (Å²) in [5.41, 5.74) is 1.20. The molecule has 0 unspecified atom stereocenters. The molecule has 0 radical (unpaired) electrons. The van der Waals surface area contributed by atoms with Crippen LogP contribution in [0.4, 0.5) is 4.79 Å². The van der Waals surface area contributed by atoms with Gasteiger partial charge in [-0.25, -0.2) is 4.79 Å². The molecule has 2 N–H and O–H groups in total. The van der Waals surface area contributed by atoms with Gasteiger partial charge in [-0.3, -0.25) is 0 Å². The molecule has 3 nitrogen and oxygen atoms in total. The normalized spacial score (nSPS) is 17.0. The average Bonchev–Trinajstić information content (AvgIpc) is 2.33. The van der Waals surface area contributed by atoms with E-state index in [0.717, 1.165) is 24.8 Å². The van der Waals surface area contributed by atoms with Crippen molar-refractivity contribution >= 4 is 6.03 Å². The molecule has 92 valence electrons. The molecular formula is C14H20N2O. The maximum atomic E-state index is 11.8. The Hall–Kier alpha value is -1.51. The number of rotatable bonds is 4. The van der Waals surface area contributed by atoms with Crippen LogP contribution in [0, 0.1) is 0 Å². The number of amides is 2. The van der Waals surface area contributed by atoms with Crippen molar-refractivity contribution in [1.29, 1.82) is 0 Å². The molecule has 2 amide bonds. The number of carbonyl (C=O) groups is 1. The smallest absolute Gasteiger partial charge is 0.315 e. The first kappa shape index (κ1) is 12.0. The zero-order chi connectivity index (χ0) is 12.1. The highest BCUT2D eigenvalue weighted by Crippen LogP contribution is 2.34. The number of carbonyl (C=O) groups excluding carboxylic acids is 1. The van der Waals surface area contributed by atoms with Gasteiger partial charge in [-0.2, -0.15) is 0 Å².